The molecule has 0 spiro atoms. The lowest BCUT2D eigenvalue weighted by Gasteiger charge is -2.25. The van der Waals surface area contributed by atoms with Crippen LogP contribution in [0.2, 0.25) is 0 Å². The van der Waals surface area contributed by atoms with Crippen molar-refractivity contribution in [3.63, 3.8) is 0 Å². The van der Waals surface area contributed by atoms with E-state index in [1.54, 1.807) is 12.1 Å². The fourth-order valence-corrected chi connectivity index (χ4v) is 4.43. The van der Waals surface area contributed by atoms with Crippen LogP contribution >= 0.6 is 0 Å². The molecular formula is C17H20N2O2. The summed E-state index contributed by atoms with van der Waals surface area (Å²) in [6, 6.07) is 5.92. The topological polar surface area (TPSA) is 55.1 Å². The lowest BCUT2D eigenvalue weighted by molar-refractivity contribution is 0.0697. The Morgan fingerprint density at radius 2 is 2.24 bits per heavy atom. The largest absolute Gasteiger partial charge is 0.478 e. The molecule has 2 aromatic rings. The Bertz CT molecular complexity index is 719. The minimum absolute atomic E-state index is 0.322. The summed E-state index contributed by atoms with van der Waals surface area (Å²) in [5.74, 6) is 1.90. The van der Waals surface area contributed by atoms with Gasteiger partial charge in [-0.05, 0) is 49.3 Å². The molecule has 1 aromatic carbocycles. The van der Waals surface area contributed by atoms with Gasteiger partial charge in [0.15, 0.2) is 0 Å². The summed E-state index contributed by atoms with van der Waals surface area (Å²) in [6.07, 6.45) is 6.25. The molecule has 2 fully saturated rings. The van der Waals surface area contributed by atoms with E-state index in [1.165, 1.54) is 25.7 Å². The van der Waals surface area contributed by atoms with Crippen molar-refractivity contribution in [1.82, 2.24) is 9.55 Å². The molecule has 1 aromatic heterocycles. The Labute approximate surface area is 123 Å². The van der Waals surface area contributed by atoms with E-state index in [9.17, 15) is 4.79 Å². The minimum Gasteiger partial charge on any atom is -0.478 e. The van der Waals surface area contributed by atoms with Gasteiger partial charge in [-0.15, -0.1) is 0 Å². The molecule has 0 amide bonds. The van der Waals surface area contributed by atoms with E-state index in [4.69, 9.17) is 10.1 Å². The smallest absolute Gasteiger partial charge is 0.335 e. The Balaban J connectivity index is 1.85. The third kappa shape index (κ3) is 1.88. The van der Waals surface area contributed by atoms with Crippen LogP contribution in [-0.2, 0) is 6.42 Å². The van der Waals surface area contributed by atoms with Gasteiger partial charge in [-0.1, -0.05) is 13.3 Å². The molecule has 2 bridgehead atoms. The summed E-state index contributed by atoms with van der Waals surface area (Å²) < 4.78 is 2.41. The lowest BCUT2D eigenvalue weighted by Crippen LogP contribution is -2.18. The van der Waals surface area contributed by atoms with E-state index in [2.05, 4.69) is 11.5 Å². The molecule has 0 radical (unpaired) electrons. The molecule has 0 saturated heterocycles. The van der Waals surface area contributed by atoms with Gasteiger partial charge in [-0.2, -0.15) is 0 Å². The van der Waals surface area contributed by atoms with Gasteiger partial charge in [-0.25, -0.2) is 9.78 Å². The first-order chi connectivity index (χ1) is 10.2. The molecule has 2 saturated carbocycles. The number of aromatic nitrogens is 2. The number of rotatable bonds is 3. The van der Waals surface area contributed by atoms with Crippen molar-refractivity contribution in [3.05, 3.63) is 29.6 Å². The van der Waals surface area contributed by atoms with Crippen LogP contribution in [0.1, 0.15) is 54.8 Å². The van der Waals surface area contributed by atoms with Crippen LogP contribution in [0.4, 0.5) is 0 Å². The van der Waals surface area contributed by atoms with Crippen LogP contribution in [0.15, 0.2) is 18.2 Å². The molecule has 1 heterocycles. The fourth-order valence-electron chi connectivity index (χ4n) is 4.43. The Kier molecular flexibility index (Phi) is 2.81. The fraction of sp³-hybridized carbons (Fsp3) is 0.529. The maximum Gasteiger partial charge on any atom is 0.335 e. The summed E-state index contributed by atoms with van der Waals surface area (Å²) in [5.41, 5.74) is 2.26. The second-order valence-corrected chi connectivity index (χ2v) is 6.50. The molecule has 3 unspecified atom stereocenters. The number of carboxylic acids is 1. The van der Waals surface area contributed by atoms with E-state index < -0.39 is 5.97 Å². The molecule has 110 valence electrons. The number of nitrogens with zero attached hydrogens (tertiary/aromatic N) is 2. The van der Waals surface area contributed by atoms with Crippen LogP contribution in [0.3, 0.4) is 0 Å². The highest BCUT2D eigenvalue weighted by Crippen LogP contribution is 2.51. The zero-order valence-corrected chi connectivity index (χ0v) is 12.2. The molecule has 2 aliphatic rings. The maximum atomic E-state index is 11.1. The predicted molar refractivity (Wildman–Crippen MR) is 80.6 cm³/mol. The second kappa shape index (κ2) is 4.58. The van der Waals surface area contributed by atoms with E-state index >= 15 is 0 Å². The highest BCUT2D eigenvalue weighted by molar-refractivity contribution is 5.92. The molecule has 4 rings (SSSR count). The van der Waals surface area contributed by atoms with Crippen LogP contribution in [-0.4, -0.2) is 20.6 Å². The number of benzene rings is 1. The van der Waals surface area contributed by atoms with Crippen molar-refractivity contribution < 1.29 is 9.90 Å². The maximum absolute atomic E-state index is 11.1. The molecular weight excluding hydrogens is 264 g/mol. The van der Waals surface area contributed by atoms with Crippen molar-refractivity contribution in [2.24, 2.45) is 11.8 Å². The number of imidazole rings is 1. The van der Waals surface area contributed by atoms with Gasteiger partial charge in [0, 0.05) is 12.5 Å². The van der Waals surface area contributed by atoms with Crippen LogP contribution < -0.4 is 0 Å². The summed E-state index contributed by atoms with van der Waals surface area (Å²) in [4.78, 5) is 15.8. The van der Waals surface area contributed by atoms with Crippen molar-refractivity contribution in [2.75, 3.05) is 0 Å². The number of carboxylic acid groups (broad SMARTS) is 1. The Hall–Kier alpha value is -1.84. The number of carbonyl (C=O) groups is 1. The van der Waals surface area contributed by atoms with Crippen molar-refractivity contribution in [3.8, 4) is 0 Å². The zero-order valence-electron chi connectivity index (χ0n) is 12.2. The van der Waals surface area contributed by atoms with Gasteiger partial charge in [-0.3, -0.25) is 0 Å². The molecule has 4 heteroatoms. The van der Waals surface area contributed by atoms with Crippen LogP contribution in [0.25, 0.3) is 11.0 Å². The monoisotopic (exact) mass is 284 g/mol. The van der Waals surface area contributed by atoms with E-state index in [0.29, 0.717) is 11.6 Å². The van der Waals surface area contributed by atoms with Crippen molar-refractivity contribution >= 4 is 17.0 Å². The summed E-state index contributed by atoms with van der Waals surface area (Å²) >= 11 is 0. The van der Waals surface area contributed by atoms with E-state index in [-0.39, 0.29) is 0 Å². The highest BCUT2D eigenvalue weighted by atomic mass is 16.4. The standard InChI is InChI=1S/C17H20N2O2/c1-2-16-18-13-9-12(17(20)21)5-6-14(13)19(16)15-8-10-3-4-11(15)7-10/h5-6,9-11,15H,2-4,7-8H2,1H3,(H,20,21). The average Bonchev–Trinajstić information content (AvgIpc) is 3.18. The SMILES string of the molecule is CCc1nc2cc(C(=O)O)ccc2n1C1CC2CCC1C2. The van der Waals surface area contributed by atoms with Gasteiger partial charge in [0.1, 0.15) is 5.82 Å². The second-order valence-electron chi connectivity index (χ2n) is 6.50. The molecule has 1 N–H and O–H groups in total. The Morgan fingerprint density at radius 1 is 1.38 bits per heavy atom. The molecule has 4 nitrogen and oxygen atoms in total. The van der Waals surface area contributed by atoms with Gasteiger partial charge < -0.3 is 9.67 Å². The lowest BCUT2D eigenvalue weighted by atomic mass is 9.95. The molecule has 21 heavy (non-hydrogen) atoms. The first-order valence-corrected chi connectivity index (χ1v) is 7.91. The van der Waals surface area contributed by atoms with Gasteiger partial charge in [0.2, 0.25) is 0 Å². The number of aromatic carboxylic acids is 1. The van der Waals surface area contributed by atoms with Gasteiger partial charge in [0.25, 0.3) is 0 Å². The molecule has 3 atom stereocenters. The van der Waals surface area contributed by atoms with Crippen LogP contribution in [0, 0.1) is 11.8 Å². The van der Waals surface area contributed by atoms with Crippen molar-refractivity contribution in [1.29, 1.82) is 0 Å². The van der Waals surface area contributed by atoms with Crippen molar-refractivity contribution in [2.45, 2.75) is 45.1 Å². The number of hydrogen-bond acceptors (Lipinski definition) is 2. The average molecular weight is 284 g/mol. The predicted octanol–water partition coefficient (Wildman–Crippen LogP) is 3.66. The number of fused-ring (bicyclic) bond motifs is 3. The minimum atomic E-state index is -0.885. The first-order valence-electron chi connectivity index (χ1n) is 7.91. The quantitative estimate of drug-likeness (QED) is 0.935. The zero-order chi connectivity index (χ0) is 14.6. The number of aryl methyl sites for hydroxylation is 1. The normalized spacial score (nSPS) is 27.6. The highest BCUT2D eigenvalue weighted by Gasteiger charge is 2.41. The molecule has 0 aliphatic heterocycles. The molecule has 2 aliphatic carbocycles. The van der Waals surface area contributed by atoms with Crippen LogP contribution in [0.5, 0.6) is 0 Å². The first kappa shape index (κ1) is 12.9. The van der Waals surface area contributed by atoms with E-state index in [0.717, 1.165) is 35.1 Å². The van der Waals surface area contributed by atoms with E-state index in [1.807, 2.05) is 6.07 Å². The third-order valence-corrected chi connectivity index (χ3v) is 5.36. The summed E-state index contributed by atoms with van der Waals surface area (Å²) in [5, 5.41) is 9.14. The van der Waals surface area contributed by atoms with Gasteiger partial charge in [0.05, 0.1) is 16.6 Å². The summed E-state index contributed by atoms with van der Waals surface area (Å²) in [6.45, 7) is 2.13. The third-order valence-electron chi connectivity index (χ3n) is 5.36. The summed E-state index contributed by atoms with van der Waals surface area (Å²) in [7, 11) is 0. The van der Waals surface area contributed by atoms with Gasteiger partial charge >= 0.3 is 5.97 Å². The number of hydrogen-bond donors (Lipinski definition) is 1. The Morgan fingerprint density at radius 3 is 2.86 bits per heavy atom.